The van der Waals surface area contributed by atoms with Crippen LogP contribution in [0, 0.1) is 0 Å². The van der Waals surface area contributed by atoms with Gasteiger partial charge in [0.25, 0.3) is 0 Å². The maximum absolute atomic E-state index is 0. The van der Waals surface area contributed by atoms with Gasteiger partial charge in [0.15, 0.2) is 0 Å². The zero-order chi connectivity index (χ0) is 0. The summed E-state index contributed by atoms with van der Waals surface area (Å²) in [6.45, 7) is 0. The number of halogens is 5. The van der Waals surface area contributed by atoms with Crippen molar-refractivity contribution in [3.8, 4) is 0 Å². The van der Waals surface area contributed by atoms with Crippen molar-refractivity contribution in [3.05, 3.63) is 0 Å². The van der Waals surface area contributed by atoms with Crippen molar-refractivity contribution < 1.29 is 145 Å². The Morgan fingerprint density at radius 3 is 0.231 bits per heavy atom. The standard InChI is InChI=1S/5ClH.5O.3V/h5*1H;;;;;;;;/q;;;;;5*-2;3*+5/p-5. The van der Waals surface area contributed by atoms with Gasteiger partial charge in [0, 0.05) is 0 Å². The van der Waals surface area contributed by atoms with E-state index in [-0.39, 0.29) is 145 Å². The van der Waals surface area contributed by atoms with E-state index in [2.05, 4.69) is 0 Å². The van der Waals surface area contributed by atoms with Crippen LogP contribution in [-0.4, -0.2) is 0 Å². The fourth-order valence-electron chi connectivity index (χ4n) is 0. The summed E-state index contributed by atoms with van der Waals surface area (Å²) in [5.41, 5.74) is 0. The Kier molecular flexibility index (Phi) is 10000. The summed E-state index contributed by atoms with van der Waals surface area (Å²) in [5.74, 6) is 0. The Bertz CT molecular complexity index is 20.1. The Morgan fingerprint density at radius 2 is 0.231 bits per heavy atom. The normalized spacial score (nSPS) is 0. The van der Waals surface area contributed by atoms with Gasteiger partial charge in [-0.25, -0.2) is 0 Å². The molecule has 0 aliphatic carbocycles. The van der Waals surface area contributed by atoms with Gasteiger partial charge >= 0.3 is 55.7 Å². The topological polar surface area (TPSA) is 142 Å². The fourth-order valence-corrected chi connectivity index (χ4v) is 0. The molecular weight excluding hydrogens is 410 g/mol. The van der Waals surface area contributed by atoms with E-state index >= 15 is 0 Å². The quantitative estimate of drug-likeness (QED) is 0.374. The summed E-state index contributed by atoms with van der Waals surface area (Å²) in [7, 11) is 0. The van der Waals surface area contributed by atoms with Crippen LogP contribution in [0.3, 0.4) is 0 Å². The van der Waals surface area contributed by atoms with E-state index in [1.807, 2.05) is 0 Å². The second-order valence-corrected chi connectivity index (χ2v) is 0. The average molecular weight is 410 g/mol. The molecule has 0 bridgehead atoms. The third kappa shape index (κ3) is 281. The summed E-state index contributed by atoms with van der Waals surface area (Å²) in [6, 6.07) is 0. The largest absolute Gasteiger partial charge is 5.00 e. The van der Waals surface area contributed by atoms with Crippen molar-refractivity contribution in [1.29, 1.82) is 0 Å². The maximum Gasteiger partial charge on any atom is 5.00 e. The van der Waals surface area contributed by atoms with E-state index in [0.29, 0.717) is 0 Å². The van der Waals surface area contributed by atoms with Gasteiger partial charge in [-0.3, -0.25) is 0 Å². The summed E-state index contributed by atoms with van der Waals surface area (Å²) in [6.07, 6.45) is 0. The summed E-state index contributed by atoms with van der Waals surface area (Å²) < 4.78 is 0. The minimum atomic E-state index is 0. The molecule has 0 unspecified atom stereocenters. The average Bonchev–Trinajstić information content (AvgIpc) is 0. The molecule has 0 heterocycles. The third-order valence-electron chi connectivity index (χ3n) is 0. The van der Waals surface area contributed by atoms with Crippen LogP contribution in [0.1, 0.15) is 0 Å². The minimum Gasteiger partial charge on any atom is -2.00 e. The van der Waals surface area contributed by atoms with Crippen LogP contribution < -0.4 is 62.0 Å². The molecule has 80 valence electrons. The van der Waals surface area contributed by atoms with Crippen LogP contribution in [-0.2, 0) is 83.0 Å². The van der Waals surface area contributed by atoms with Crippen LogP contribution in [0.2, 0.25) is 0 Å². The monoisotopic (exact) mass is 408 g/mol. The Labute approximate surface area is 144 Å². The smallest absolute Gasteiger partial charge is 2.00 e. The van der Waals surface area contributed by atoms with Gasteiger partial charge in [-0.1, -0.05) is 0 Å². The second kappa shape index (κ2) is 326. The molecule has 0 atom stereocenters. The molecule has 5 nitrogen and oxygen atoms in total. The van der Waals surface area contributed by atoms with E-state index in [1.54, 1.807) is 0 Å². The van der Waals surface area contributed by atoms with Crippen molar-refractivity contribution in [2.75, 3.05) is 0 Å². The summed E-state index contributed by atoms with van der Waals surface area (Å²) in [5, 5.41) is 0. The predicted molar refractivity (Wildman–Crippen MR) is 3.43 cm³/mol. The predicted octanol–water partition coefficient (Wildman–Crippen LogP) is -15.6. The summed E-state index contributed by atoms with van der Waals surface area (Å²) >= 11 is 0. The summed E-state index contributed by atoms with van der Waals surface area (Å²) in [4.78, 5) is 0. The molecule has 0 aromatic carbocycles. The zero-order valence-corrected chi connectivity index (χ0v) is 13.2. The van der Waals surface area contributed by atoms with Crippen LogP contribution in [0.5, 0.6) is 0 Å². The van der Waals surface area contributed by atoms with Crippen LogP contribution >= 0.6 is 0 Å². The van der Waals surface area contributed by atoms with Crippen molar-refractivity contribution in [2.45, 2.75) is 0 Å². The molecule has 0 fully saturated rings. The van der Waals surface area contributed by atoms with Crippen molar-refractivity contribution in [1.82, 2.24) is 0 Å². The van der Waals surface area contributed by atoms with Crippen LogP contribution in [0.4, 0.5) is 0 Å². The first kappa shape index (κ1) is 399. The van der Waals surface area contributed by atoms with Gasteiger partial charge in [0.2, 0.25) is 0 Å². The molecule has 13 heavy (non-hydrogen) atoms. The van der Waals surface area contributed by atoms with E-state index in [9.17, 15) is 0 Å². The molecule has 0 aromatic rings. The Hall–Kier alpha value is 3.00. The SMILES string of the molecule is [Cl-].[Cl-].[Cl-].[Cl-].[Cl-].[O-2].[O-2].[O-2].[O-2].[O-2].[V+5].[V+5].[V+5]. The molecule has 0 N–H and O–H groups in total. The molecular formula is Cl5O5V3. The third-order valence-corrected chi connectivity index (χ3v) is 0. The first-order chi connectivity index (χ1) is 0. The molecule has 0 aromatic heterocycles. The Balaban J connectivity index is 0. The second-order valence-electron chi connectivity index (χ2n) is 0. The van der Waals surface area contributed by atoms with Gasteiger partial charge in [-0.05, 0) is 0 Å². The van der Waals surface area contributed by atoms with E-state index in [0.717, 1.165) is 0 Å². The van der Waals surface area contributed by atoms with E-state index in [1.165, 1.54) is 0 Å². The maximum atomic E-state index is 0. The minimum absolute atomic E-state index is 0. The molecule has 0 aliphatic heterocycles. The number of hydrogen-bond donors (Lipinski definition) is 0. The molecule has 0 rings (SSSR count). The Morgan fingerprint density at radius 1 is 0.231 bits per heavy atom. The van der Waals surface area contributed by atoms with Gasteiger partial charge in [-0.15, -0.1) is 0 Å². The molecule has 0 saturated heterocycles. The van der Waals surface area contributed by atoms with Crippen LogP contribution in [0.15, 0.2) is 0 Å². The van der Waals surface area contributed by atoms with E-state index in [4.69, 9.17) is 0 Å². The molecule has 0 spiro atoms. The first-order valence-corrected chi connectivity index (χ1v) is 0. The molecule has 0 saturated carbocycles. The van der Waals surface area contributed by atoms with Crippen molar-refractivity contribution >= 4 is 0 Å². The molecule has 13 heteroatoms. The fraction of sp³-hybridized carbons (Fsp3) is 0. The number of hydrogen-bond acceptors (Lipinski definition) is 0. The molecule has 0 aliphatic rings. The number of rotatable bonds is 0. The van der Waals surface area contributed by atoms with Crippen LogP contribution in [0.25, 0.3) is 0 Å². The van der Waals surface area contributed by atoms with Gasteiger partial charge in [-0.2, -0.15) is 0 Å². The van der Waals surface area contributed by atoms with E-state index < -0.39 is 0 Å². The zero-order valence-electron chi connectivity index (χ0n) is 5.27. The van der Waals surface area contributed by atoms with Crippen molar-refractivity contribution in [3.63, 3.8) is 0 Å². The molecule has 0 amide bonds. The molecule has 0 radical (unpaired) electrons. The van der Waals surface area contributed by atoms with Crippen molar-refractivity contribution in [2.24, 2.45) is 0 Å². The first-order valence-electron chi connectivity index (χ1n) is 0. The van der Waals surface area contributed by atoms with Gasteiger partial charge in [0.05, 0.1) is 0 Å². The van der Waals surface area contributed by atoms with Gasteiger partial charge in [0.1, 0.15) is 0 Å². The van der Waals surface area contributed by atoms with Gasteiger partial charge < -0.3 is 89.4 Å².